The third-order valence-corrected chi connectivity index (χ3v) is 8.04. The van der Waals surface area contributed by atoms with E-state index in [2.05, 4.69) is 43.7 Å². The molecule has 0 radical (unpaired) electrons. The summed E-state index contributed by atoms with van der Waals surface area (Å²) in [6.07, 6.45) is 8.93. The first kappa shape index (κ1) is 19.3. The van der Waals surface area contributed by atoms with Gasteiger partial charge in [-0.1, -0.05) is 25.3 Å². The predicted octanol–water partition coefficient (Wildman–Crippen LogP) is 4.54. The van der Waals surface area contributed by atoms with Gasteiger partial charge in [-0.15, -0.1) is 0 Å². The Morgan fingerprint density at radius 2 is 2.00 bits per heavy atom. The van der Waals surface area contributed by atoms with Gasteiger partial charge < -0.3 is 4.90 Å². The summed E-state index contributed by atoms with van der Waals surface area (Å²) in [4.78, 5) is 22.8. The monoisotopic (exact) mass is 409 g/mol. The second kappa shape index (κ2) is 8.57. The maximum absolute atomic E-state index is 13.4. The van der Waals surface area contributed by atoms with Crippen LogP contribution in [-0.2, 0) is 11.3 Å². The molecule has 0 N–H and O–H groups in total. The van der Waals surface area contributed by atoms with Gasteiger partial charge in [-0.25, -0.2) is 0 Å². The summed E-state index contributed by atoms with van der Waals surface area (Å²) in [6.45, 7) is 3.95. The lowest BCUT2D eigenvalue weighted by atomic mass is 9.82. The predicted molar refractivity (Wildman–Crippen MR) is 117 cm³/mol. The zero-order chi connectivity index (χ0) is 19.6. The average molecular weight is 410 g/mol. The van der Waals surface area contributed by atoms with Gasteiger partial charge in [-0.05, 0) is 53.8 Å². The van der Waals surface area contributed by atoms with Crippen molar-refractivity contribution in [2.45, 2.75) is 57.0 Å². The molecule has 3 aliphatic rings. The minimum absolute atomic E-state index is 0.275. The van der Waals surface area contributed by atoms with E-state index in [-0.39, 0.29) is 5.92 Å². The SMILES string of the molecule is O=C(C1CCCCC1)N1C[C@H](c2ccsc2)[C@H]2CN(Cc3ccccn3)CC[C@H]21. The minimum Gasteiger partial charge on any atom is -0.338 e. The number of piperidine rings is 1. The molecule has 0 spiro atoms. The lowest BCUT2D eigenvalue weighted by Gasteiger charge is -2.39. The van der Waals surface area contributed by atoms with E-state index in [1.165, 1.54) is 24.8 Å². The number of rotatable bonds is 4. The van der Waals surface area contributed by atoms with E-state index in [1.807, 2.05) is 12.3 Å². The molecule has 0 bridgehead atoms. The number of likely N-dealkylation sites (tertiary alicyclic amines) is 2. The van der Waals surface area contributed by atoms with Crippen LogP contribution in [0.25, 0.3) is 0 Å². The van der Waals surface area contributed by atoms with Crippen LogP contribution in [-0.4, -0.2) is 46.4 Å². The Morgan fingerprint density at radius 3 is 2.76 bits per heavy atom. The molecule has 2 aromatic rings. The average Bonchev–Trinajstić information content (AvgIpc) is 3.42. The van der Waals surface area contributed by atoms with E-state index in [0.29, 0.717) is 23.8 Å². The fraction of sp³-hybridized carbons (Fsp3) is 0.583. The first-order chi connectivity index (χ1) is 14.3. The number of fused-ring (bicyclic) bond motifs is 1. The molecule has 3 fully saturated rings. The van der Waals surface area contributed by atoms with Crippen LogP contribution in [0.5, 0.6) is 0 Å². The first-order valence-electron chi connectivity index (χ1n) is 11.2. The minimum atomic E-state index is 0.275. The van der Waals surface area contributed by atoms with Crippen molar-refractivity contribution in [3.05, 3.63) is 52.5 Å². The Labute approximate surface area is 177 Å². The third kappa shape index (κ3) is 3.99. The van der Waals surface area contributed by atoms with E-state index in [4.69, 9.17) is 0 Å². The van der Waals surface area contributed by atoms with E-state index in [1.54, 1.807) is 11.3 Å². The molecule has 4 nitrogen and oxygen atoms in total. The van der Waals surface area contributed by atoms with Gasteiger partial charge in [0.15, 0.2) is 0 Å². The highest BCUT2D eigenvalue weighted by Gasteiger charge is 2.48. The molecule has 154 valence electrons. The maximum Gasteiger partial charge on any atom is 0.225 e. The fourth-order valence-corrected chi connectivity index (χ4v) is 6.57. The van der Waals surface area contributed by atoms with Crippen LogP contribution in [0.2, 0.25) is 0 Å². The van der Waals surface area contributed by atoms with Crippen molar-refractivity contribution in [1.82, 2.24) is 14.8 Å². The molecular weight excluding hydrogens is 378 g/mol. The Hall–Kier alpha value is -1.72. The van der Waals surface area contributed by atoms with Crippen molar-refractivity contribution in [2.75, 3.05) is 19.6 Å². The molecule has 1 saturated carbocycles. The molecule has 5 rings (SSSR count). The standard InChI is InChI=1S/C24H31N3OS/c28-24(18-6-2-1-3-7-18)27-16-21(19-10-13-29-17-19)22-15-26(12-9-23(22)27)14-20-8-4-5-11-25-20/h4-5,8,10-11,13,17-18,21-23H,1-3,6-7,9,12,14-16H2/t21-,22-,23-/m1/s1. The summed E-state index contributed by atoms with van der Waals surface area (Å²) in [5.74, 6) is 1.74. The second-order valence-electron chi connectivity index (χ2n) is 9.06. The number of amides is 1. The number of aromatic nitrogens is 1. The number of pyridine rings is 1. The van der Waals surface area contributed by atoms with Crippen molar-refractivity contribution in [1.29, 1.82) is 0 Å². The van der Waals surface area contributed by atoms with Crippen LogP contribution < -0.4 is 0 Å². The molecule has 1 aliphatic carbocycles. The van der Waals surface area contributed by atoms with Crippen molar-refractivity contribution >= 4 is 17.2 Å². The highest BCUT2D eigenvalue weighted by Crippen LogP contribution is 2.43. The first-order valence-corrected chi connectivity index (χ1v) is 12.2. The van der Waals surface area contributed by atoms with Crippen LogP contribution in [0, 0.1) is 11.8 Å². The lowest BCUT2D eigenvalue weighted by molar-refractivity contribution is -0.138. The molecule has 4 heterocycles. The number of hydrogen-bond donors (Lipinski definition) is 0. The van der Waals surface area contributed by atoms with Gasteiger partial charge in [0.05, 0.1) is 5.69 Å². The number of hydrogen-bond acceptors (Lipinski definition) is 4. The summed E-state index contributed by atoms with van der Waals surface area (Å²) in [5.41, 5.74) is 2.58. The molecule has 2 aromatic heterocycles. The van der Waals surface area contributed by atoms with Gasteiger partial charge in [0.2, 0.25) is 5.91 Å². The van der Waals surface area contributed by atoms with Crippen molar-refractivity contribution < 1.29 is 4.79 Å². The summed E-state index contributed by atoms with van der Waals surface area (Å²) in [7, 11) is 0. The molecule has 29 heavy (non-hydrogen) atoms. The van der Waals surface area contributed by atoms with Gasteiger partial charge in [0.25, 0.3) is 0 Å². The van der Waals surface area contributed by atoms with Gasteiger partial charge in [-0.3, -0.25) is 14.7 Å². The zero-order valence-corrected chi connectivity index (χ0v) is 17.9. The molecule has 0 aromatic carbocycles. The summed E-state index contributed by atoms with van der Waals surface area (Å²) in [6, 6.07) is 8.86. The summed E-state index contributed by atoms with van der Waals surface area (Å²) < 4.78 is 0. The quantitative estimate of drug-likeness (QED) is 0.744. The van der Waals surface area contributed by atoms with E-state index >= 15 is 0 Å². The summed E-state index contributed by atoms with van der Waals surface area (Å²) >= 11 is 1.78. The normalized spacial score (nSPS) is 28.4. The van der Waals surface area contributed by atoms with E-state index in [9.17, 15) is 4.79 Å². The number of carbonyl (C=O) groups is 1. The van der Waals surface area contributed by atoms with E-state index in [0.717, 1.165) is 51.1 Å². The van der Waals surface area contributed by atoms with E-state index < -0.39 is 0 Å². The molecule has 3 atom stereocenters. The van der Waals surface area contributed by atoms with Gasteiger partial charge in [0, 0.05) is 56.2 Å². The largest absolute Gasteiger partial charge is 0.338 e. The smallest absolute Gasteiger partial charge is 0.225 e. The number of nitrogens with zero attached hydrogens (tertiary/aromatic N) is 3. The Morgan fingerprint density at radius 1 is 1.10 bits per heavy atom. The van der Waals surface area contributed by atoms with Crippen molar-refractivity contribution in [2.24, 2.45) is 11.8 Å². The van der Waals surface area contributed by atoms with Crippen LogP contribution in [0.15, 0.2) is 41.2 Å². The molecule has 0 unspecified atom stereocenters. The topological polar surface area (TPSA) is 36.4 Å². The van der Waals surface area contributed by atoms with Crippen LogP contribution in [0.4, 0.5) is 0 Å². The molecule has 5 heteroatoms. The highest BCUT2D eigenvalue weighted by molar-refractivity contribution is 7.08. The highest BCUT2D eigenvalue weighted by atomic mass is 32.1. The van der Waals surface area contributed by atoms with Crippen LogP contribution in [0.1, 0.15) is 55.7 Å². The van der Waals surface area contributed by atoms with Crippen LogP contribution >= 0.6 is 11.3 Å². The van der Waals surface area contributed by atoms with Crippen LogP contribution in [0.3, 0.4) is 0 Å². The Balaban J connectivity index is 1.34. The maximum atomic E-state index is 13.4. The number of thiophene rings is 1. The van der Waals surface area contributed by atoms with Crippen molar-refractivity contribution in [3.63, 3.8) is 0 Å². The molecule has 2 aliphatic heterocycles. The number of carbonyl (C=O) groups excluding carboxylic acids is 1. The molecule has 1 amide bonds. The summed E-state index contributed by atoms with van der Waals surface area (Å²) in [5, 5.41) is 4.48. The van der Waals surface area contributed by atoms with Gasteiger partial charge in [-0.2, -0.15) is 11.3 Å². The van der Waals surface area contributed by atoms with Gasteiger partial charge in [0.1, 0.15) is 0 Å². The fourth-order valence-electron chi connectivity index (χ4n) is 5.85. The van der Waals surface area contributed by atoms with Gasteiger partial charge >= 0.3 is 0 Å². The zero-order valence-electron chi connectivity index (χ0n) is 17.1. The molecule has 2 saturated heterocycles. The third-order valence-electron chi connectivity index (χ3n) is 7.34. The Kier molecular flexibility index (Phi) is 5.69. The Bertz CT molecular complexity index is 803. The second-order valence-corrected chi connectivity index (χ2v) is 9.84. The van der Waals surface area contributed by atoms with Crippen molar-refractivity contribution in [3.8, 4) is 0 Å². The molecular formula is C24H31N3OS. The lowest BCUT2D eigenvalue weighted by Crippen LogP contribution is -2.49.